The van der Waals surface area contributed by atoms with Gasteiger partial charge in [-0.05, 0) is 57.0 Å². The second-order valence-electron chi connectivity index (χ2n) is 6.04. The molecule has 0 spiro atoms. The highest BCUT2D eigenvalue weighted by Gasteiger charge is 2.13. The third-order valence-corrected chi connectivity index (χ3v) is 5.00. The standard InChI is InChI=1S/C20H20N2OS/c1-12-5-8-16(9-6-12)19(23)22-20-21-18(15(4)24-20)17-10-7-13(2)14(3)11-17/h5-11H,1-4H3,(H,21,22,23). The predicted octanol–water partition coefficient (Wildman–Crippen LogP) is 5.30. The fourth-order valence-electron chi connectivity index (χ4n) is 2.48. The molecule has 3 aromatic rings. The molecule has 0 fully saturated rings. The molecule has 0 bridgehead atoms. The molecule has 0 radical (unpaired) electrons. The van der Waals surface area contributed by atoms with Crippen molar-refractivity contribution in [3.63, 3.8) is 0 Å². The molecule has 0 saturated heterocycles. The van der Waals surface area contributed by atoms with Gasteiger partial charge in [0, 0.05) is 16.0 Å². The van der Waals surface area contributed by atoms with Crippen LogP contribution in [0.2, 0.25) is 0 Å². The van der Waals surface area contributed by atoms with E-state index in [4.69, 9.17) is 0 Å². The van der Waals surface area contributed by atoms with E-state index in [0.29, 0.717) is 10.7 Å². The predicted molar refractivity (Wildman–Crippen MR) is 101 cm³/mol. The number of aromatic nitrogens is 1. The molecule has 122 valence electrons. The highest BCUT2D eigenvalue weighted by Crippen LogP contribution is 2.31. The van der Waals surface area contributed by atoms with Gasteiger partial charge in [-0.3, -0.25) is 10.1 Å². The van der Waals surface area contributed by atoms with Crippen LogP contribution in [-0.2, 0) is 0 Å². The third-order valence-electron chi connectivity index (χ3n) is 4.11. The Labute approximate surface area is 146 Å². The maximum Gasteiger partial charge on any atom is 0.257 e. The van der Waals surface area contributed by atoms with Crippen molar-refractivity contribution in [2.45, 2.75) is 27.7 Å². The van der Waals surface area contributed by atoms with Crippen LogP contribution >= 0.6 is 11.3 Å². The van der Waals surface area contributed by atoms with E-state index in [-0.39, 0.29) is 5.91 Å². The Hall–Kier alpha value is -2.46. The number of benzene rings is 2. The van der Waals surface area contributed by atoms with E-state index in [1.807, 2.05) is 38.1 Å². The van der Waals surface area contributed by atoms with Gasteiger partial charge in [0.05, 0.1) is 5.69 Å². The van der Waals surface area contributed by atoms with E-state index in [0.717, 1.165) is 21.7 Å². The first kappa shape index (κ1) is 16.4. The van der Waals surface area contributed by atoms with Gasteiger partial charge in [-0.2, -0.15) is 0 Å². The molecule has 0 aliphatic rings. The Morgan fingerprint density at radius 1 is 0.958 bits per heavy atom. The van der Waals surface area contributed by atoms with Crippen molar-refractivity contribution in [2.75, 3.05) is 5.32 Å². The second kappa shape index (κ2) is 6.57. The quantitative estimate of drug-likeness (QED) is 0.705. The monoisotopic (exact) mass is 336 g/mol. The minimum Gasteiger partial charge on any atom is -0.298 e. The zero-order valence-corrected chi connectivity index (χ0v) is 15.1. The molecular weight excluding hydrogens is 316 g/mol. The molecule has 0 unspecified atom stereocenters. The average molecular weight is 336 g/mol. The summed E-state index contributed by atoms with van der Waals surface area (Å²) in [6.07, 6.45) is 0. The van der Waals surface area contributed by atoms with Crippen LogP contribution < -0.4 is 5.32 Å². The molecule has 0 aliphatic carbocycles. The molecule has 0 aliphatic heterocycles. The first-order valence-electron chi connectivity index (χ1n) is 7.87. The summed E-state index contributed by atoms with van der Waals surface area (Å²) in [7, 11) is 0. The number of carbonyl (C=O) groups is 1. The molecule has 1 heterocycles. The lowest BCUT2D eigenvalue weighted by Crippen LogP contribution is -2.11. The average Bonchev–Trinajstić information content (AvgIpc) is 2.91. The third kappa shape index (κ3) is 3.39. The second-order valence-corrected chi connectivity index (χ2v) is 7.25. The van der Waals surface area contributed by atoms with Gasteiger partial charge >= 0.3 is 0 Å². The van der Waals surface area contributed by atoms with Gasteiger partial charge in [0.2, 0.25) is 0 Å². The number of anilines is 1. The number of hydrogen-bond acceptors (Lipinski definition) is 3. The largest absolute Gasteiger partial charge is 0.298 e. The van der Waals surface area contributed by atoms with Crippen LogP contribution in [0.15, 0.2) is 42.5 Å². The van der Waals surface area contributed by atoms with E-state index in [2.05, 4.69) is 42.3 Å². The van der Waals surface area contributed by atoms with Crippen LogP contribution in [0, 0.1) is 27.7 Å². The zero-order chi connectivity index (χ0) is 17.3. The smallest absolute Gasteiger partial charge is 0.257 e. The van der Waals surface area contributed by atoms with Crippen molar-refractivity contribution in [2.24, 2.45) is 0 Å². The Morgan fingerprint density at radius 3 is 2.33 bits per heavy atom. The number of amides is 1. The number of nitrogens with one attached hydrogen (secondary N) is 1. The van der Waals surface area contributed by atoms with Crippen LogP contribution in [0.1, 0.15) is 31.9 Å². The minimum absolute atomic E-state index is 0.129. The van der Waals surface area contributed by atoms with Crippen LogP contribution in [0.4, 0.5) is 5.13 Å². The molecule has 1 amide bonds. The fourth-order valence-corrected chi connectivity index (χ4v) is 3.31. The normalized spacial score (nSPS) is 10.7. The van der Waals surface area contributed by atoms with Crippen LogP contribution in [0.5, 0.6) is 0 Å². The summed E-state index contributed by atoms with van der Waals surface area (Å²) in [6, 6.07) is 13.8. The van der Waals surface area contributed by atoms with Crippen LogP contribution in [0.25, 0.3) is 11.3 Å². The number of aryl methyl sites for hydroxylation is 4. The molecule has 1 N–H and O–H groups in total. The summed E-state index contributed by atoms with van der Waals surface area (Å²) in [5.74, 6) is -0.129. The Morgan fingerprint density at radius 2 is 1.67 bits per heavy atom. The van der Waals surface area contributed by atoms with E-state index >= 15 is 0 Å². The van der Waals surface area contributed by atoms with Crippen molar-refractivity contribution in [3.8, 4) is 11.3 Å². The minimum atomic E-state index is -0.129. The summed E-state index contributed by atoms with van der Waals surface area (Å²) >= 11 is 1.50. The molecule has 3 rings (SSSR count). The molecule has 1 aromatic heterocycles. The number of carbonyl (C=O) groups excluding carboxylic acids is 1. The molecule has 4 heteroatoms. The van der Waals surface area contributed by atoms with Gasteiger partial charge < -0.3 is 0 Å². The van der Waals surface area contributed by atoms with E-state index in [1.165, 1.54) is 22.5 Å². The Bertz CT molecular complexity index is 895. The Balaban J connectivity index is 1.84. The number of rotatable bonds is 3. The van der Waals surface area contributed by atoms with Gasteiger partial charge in [0.15, 0.2) is 5.13 Å². The molecule has 24 heavy (non-hydrogen) atoms. The van der Waals surface area contributed by atoms with Crippen molar-refractivity contribution in [1.29, 1.82) is 0 Å². The summed E-state index contributed by atoms with van der Waals surface area (Å²) in [5, 5.41) is 3.53. The van der Waals surface area contributed by atoms with E-state index < -0.39 is 0 Å². The van der Waals surface area contributed by atoms with Crippen molar-refractivity contribution < 1.29 is 4.79 Å². The summed E-state index contributed by atoms with van der Waals surface area (Å²) < 4.78 is 0. The van der Waals surface area contributed by atoms with Crippen LogP contribution in [-0.4, -0.2) is 10.9 Å². The Kier molecular flexibility index (Phi) is 4.49. The van der Waals surface area contributed by atoms with Gasteiger partial charge in [-0.25, -0.2) is 4.98 Å². The molecule has 0 saturated carbocycles. The summed E-state index contributed by atoms with van der Waals surface area (Å²) in [5.41, 5.74) is 6.30. The van der Waals surface area contributed by atoms with Crippen molar-refractivity contribution in [1.82, 2.24) is 4.98 Å². The van der Waals surface area contributed by atoms with Gasteiger partial charge in [0.25, 0.3) is 5.91 Å². The molecule has 3 nitrogen and oxygen atoms in total. The summed E-state index contributed by atoms with van der Waals surface area (Å²) in [4.78, 5) is 18.1. The van der Waals surface area contributed by atoms with Gasteiger partial charge in [-0.15, -0.1) is 11.3 Å². The lowest BCUT2D eigenvalue weighted by molar-refractivity contribution is 0.102. The topological polar surface area (TPSA) is 42.0 Å². The first-order valence-corrected chi connectivity index (χ1v) is 8.69. The van der Waals surface area contributed by atoms with Gasteiger partial charge in [0.1, 0.15) is 0 Å². The molecule has 0 atom stereocenters. The number of nitrogens with zero attached hydrogens (tertiary/aromatic N) is 1. The van der Waals surface area contributed by atoms with E-state index in [1.54, 1.807) is 0 Å². The van der Waals surface area contributed by atoms with Crippen molar-refractivity contribution in [3.05, 3.63) is 69.6 Å². The summed E-state index contributed by atoms with van der Waals surface area (Å²) in [6.45, 7) is 8.23. The number of thiazole rings is 1. The van der Waals surface area contributed by atoms with Gasteiger partial charge in [-0.1, -0.05) is 29.8 Å². The molecule has 2 aromatic carbocycles. The zero-order valence-electron chi connectivity index (χ0n) is 14.3. The fraction of sp³-hybridized carbons (Fsp3) is 0.200. The van der Waals surface area contributed by atoms with Crippen molar-refractivity contribution >= 4 is 22.4 Å². The number of hydrogen-bond donors (Lipinski definition) is 1. The lowest BCUT2D eigenvalue weighted by Gasteiger charge is -2.04. The first-order chi connectivity index (χ1) is 11.4. The SMILES string of the molecule is Cc1ccc(C(=O)Nc2nc(-c3ccc(C)c(C)c3)c(C)s2)cc1. The maximum absolute atomic E-state index is 12.3. The van der Waals surface area contributed by atoms with E-state index in [9.17, 15) is 4.79 Å². The molecular formula is C20H20N2OS. The maximum atomic E-state index is 12.3. The lowest BCUT2D eigenvalue weighted by atomic mass is 10.0. The van der Waals surface area contributed by atoms with Crippen LogP contribution in [0.3, 0.4) is 0 Å². The highest BCUT2D eigenvalue weighted by atomic mass is 32.1. The highest BCUT2D eigenvalue weighted by molar-refractivity contribution is 7.16.